The van der Waals surface area contributed by atoms with Crippen LogP contribution in [0.2, 0.25) is 0 Å². The number of amides is 1. The Morgan fingerprint density at radius 2 is 2.22 bits per heavy atom. The summed E-state index contributed by atoms with van der Waals surface area (Å²) >= 11 is 1.52. The monoisotopic (exact) mass is 262 g/mol. The third kappa shape index (κ3) is 2.60. The van der Waals surface area contributed by atoms with Gasteiger partial charge in [0.2, 0.25) is 0 Å². The van der Waals surface area contributed by atoms with Gasteiger partial charge in [0.25, 0.3) is 5.91 Å². The number of carbonyl (C=O) groups excluding carboxylic acids is 1. The van der Waals surface area contributed by atoms with E-state index in [0.29, 0.717) is 23.5 Å². The Balaban J connectivity index is 2.06. The molecule has 0 fully saturated rings. The van der Waals surface area contributed by atoms with Crippen LogP contribution in [-0.4, -0.2) is 10.9 Å². The number of nitrogens with zero attached hydrogens (tertiary/aromatic N) is 1. The molecule has 2 aromatic rings. The zero-order valence-electron chi connectivity index (χ0n) is 9.93. The molecule has 0 atom stereocenters. The first kappa shape index (κ1) is 12.4. The molecule has 1 aromatic carbocycles. The van der Waals surface area contributed by atoms with E-state index in [1.54, 1.807) is 23.7 Å². The van der Waals surface area contributed by atoms with Crippen molar-refractivity contribution in [2.24, 2.45) is 0 Å². The Morgan fingerprint density at radius 3 is 2.83 bits per heavy atom. The second-order valence-electron chi connectivity index (χ2n) is 3.89. The normalized spacial score (nSPS) is 10.3. The molecule has 0 unspecified atom stereocenters. The molecule has 0 bridgehead atoms. The molecule has 0 saturated carbocycles. The number of aromatic nitrogens is 1. The van der Waals surface area contributed by atoms with Crippen LogP contribution in [0.3, 0.4) is 0 Å². The van der Waals surface area contributed by atoms with Crippen molar-refractivity contribution in [2.75, 3.05) is 11.5 Å². The van der Waals surface area contributed by atoms with Gasteiger partial charge in [-0.3, -0.25) is 4.79 Å². The molecule has 5 N–H and O–H groups in total. The van der Waals surface area contributed by atoms with E-state index >= 15 is 0 Å². The quantitative estimate of drug-likeness (QED) is 0.731. The van der Waals surface area contributed by atoms with Gasteiger partial charge < -0.3 is 16.8 Å². The number of nitrogen functional groups attached to an aromatic ring is 2. The summed E-state index contributed by atoms with van der Waals surface area (Å²) in [6, 6.07) is 4.86. The van der Waals surface area contributed by atoms with Gasteiger partial charge in [0.05, 0.1) is 23.3 Å². The van der Waals surface area contributed by atoms with E-state index in [9.17, 15) is 4.79 Å². The lowest BCUT2D eigenvalue weighted by atomic mass is 10.1. The molecule has 0 aliphatic carbocycles. The van der Waals surface area contributed by atoms with Gasteiger partial charge in [-0.05, 0) is 25.1 Å². The number of hydrogen-bond acceptors (Lipinski definition) is 5. The summed E-state index contributed by atoms with van der Waals surface area (Å²) in [7, 11) is 0. The Hall–Kier alpha value is -2.08. The predicted octanol–water partition coefficient (Wildman–Crippen LogP) is 1.55. The fourth-order valence-electron chi connectivity index (χ4n) is 1.54. The highest BCUT2D eigenvalue weighted by Crippen LogP contribution is 2.16. The largest absolute Gasteiger partial charge is 0.399 e. The van der Waals surface area contributed by atoms with Gasteiger partial charge in [-0.1, -0.05) is 0 Å². The van der Waals surface area contributed by atoms with Crippen LogP contribution in [0.1, 0.15) is 20.9 Å². The average Bonchev–Trinajstić information content (AvgIpc) is 2.72. The molecule has 2 rings (SSSR count). The number of hydrogen-bond donors (Lipinski definition) is 3. The standard InChI is InChI=1S/C12H14N4OS/c1-7-11(18-6-16-7)5-15-12(17)9-3-2-8(13)4-10(9)14/h2-4,6H,5,13-14H2,1H3,(H,15,17). The number of thiazole rings is 1. The highest BCUT2D eigenvalue weighted by Gasteiger charge is 2.10. The fraction of sp³-hybridized carbons (Fsp3) is 0.167. The highest BCUT2D eigenvalue weighted by molar-refractivity contribution is 7.09. The minimum absolute atomic E-state index is 0.208. The number of rotatable bonds is 3. The van der Waals surface area contributed by atoms with Gasteiger partial charge in [-0.25, -0.2) is 4.98 Å². The summed E-state index contributed by atoms with van der Waals surface area (Å²) in [4.78, 5) is 17.1. The van der Waals surface area contributed by atoms with E-state index in [1.165, 1.54) is 11.3 Å². The number of aryl methyl sites for hydroxylation is 1. The molecule has 0 spiro atoms. The van der Waals surface area contributed by atoms with Gasteiger partial charge in [-0.15, -0.1) is 11.3 Å². The van der Waals surface area contributed by atoms with Crippen molar-refractivity contribution in [3.63, 3.8) is 0 Å². The van der Waals surface area contributed by atoms with Crippen LogP contribution in [0.25, 0.3) is 0 Å². The topological polar surface area (TPSA) is 94.0 Å². The fourth-order valence-corrected chi connectivity index (χ4v) is 2.26. The highest BCUT2D eigenvalue weighted by atomic mass is 32.1. The summed E-state index contributed by atoms with van der Waals surface area (Å²) in [5.41, 5.74) is 15.4. The SMILES string of the molecule is Cc1ncsc1CNC(=O)c1ccc(N)cc1N. The molecular formula is C12H14N4OS. The second-order valence-corrected chi connectivity index (χ2v) is 4.83. The molecule has 18 heavy (non-hydrogen) atoms. The smallest absolute Gasteiger partial charge is 0.253 e. The van der Waals surface area contributed by atoms with Gasteiger partial charge >= 0.3 is 0 Å². The molecule has 0 aliphatic rings. The van der Waals surface area contributed by atoms with E-state index in [0.717, 1.165) is 10.6 Å². The summed E-state index contributed by atoms with van der Waals surface area (Å²) in [6.45, 7) is 2.37. The van der Waals surface area contributed by atoms with Crippen LogP contribution < -0.4 is 16.8 Å². The molecule has 5 nitrogen and oxygen atoms in total. The van der Waals surface area contributed by atoms with Crippen LogP contribution in [0.4, 0.5) is 11.4 Å². The van der Waals surface area contributed by atoms with Crippen molar-refractivity contribution in [2.45, 2.75) is 13.5 Å². The first-order valence-electron chi connectivity index (χ1n) is 5.40. The molecule has 6 heteroatoms. The van der Waals surface area contributed by atoms with Crippen molar-refractivity contribution < 1.29 is 4.79 Å². The van der Waals surface area contributed by atoms with Crippen LogP contribution >= 0.6 is 11.3 Å². The third-order valence-corrected chi connectivity index (χ3v) is 3.51. The zero-order valence-corrected chi connectivity index (χ0v) is 10.8. The van der Waals surface area contributed by atoms with Gasteiger partial charge in [0, 0.05) is 16.3 Å². The lowest BCUT2D eigenvalue weighted by molar-refractivity contribution is 0.0952. The first-order chi connectivity index (χ1) is 8.58. The average molecular weight is 262 g/mol. The zero-order chi connectivity index (χ0) is 13.1. The van der Waals surface area contributed by atoms with Crippen LogP contribution in [0.5, 0.6) is 0 Å². The molecule has 1 amide bonds. The Bertz CT molecular complexity index is 579. The molecule has 0 saturated heterocycles. The van der Waals surface area contributed by atoms with E-state index in [-0.39, 0.29) is 5.91 Å². The predicted molar refractivity (Wildman–Crippen MR) is 73.3 cm³/mol. The molecule has 0 radical (unpaired) electrons. The maximum atomic E-state index is 11.9. The lowest BCUT2D eigenvalue weighted by Gasteiger charge is -2.07. The van der Waals surface area contributed by atoms with Crippen molar-refractivity contribution >= 4 is 28.6 Å². The number of benzene rings is 1. The van der Waals surface area contributed by atoms with Crippen LogP contribution in [0.15, 0.2) is 23.7 Å². The minimum atomic E-state index is -0.208. The summed E-state index contributed by atoms with van der Waals surface area (Å²) < 4.78 is 0. The van der Waals surface area contributed by atoms with E-state index in [4.69, 9.17) is 11.5 Å². The molecular weight excluding hydrogens is 248 g/mol. The van der Waals surface area contributed by atoms with Gasteiger partial charge in [0.15, 0.2) is 0 Å². The summed E-state index contributed by atoms with van der Waals surface area (Å²) in [5, 5.41) is 2.81. The number of nitrogens with two attached hydrogens (primary N) is 2. The maximum Gasteiger partial charge on any atom is 0.253 e. The van der Waals surface area contributed by atoms with Crippen molar-refractivity contribution in [3.05, 3.63) is 39.8 Å². The van der Waals surface area contributed by atoms with Gasteiger partial charge in [0.1, 0.15) is 0 Å². The Labute approximate surface area is 109 Å². The lowest BCUT2D eigenvalue weighted by Crippen LogP contribution is -2.23. The van der Waals surface area contributed by atoms with E-state index < -0.39 is 0 Å². The number of nitrogens with one attached hydrogen (secondary N) is 1. The molecule has 0 aliphatic heterocycles. The Morgan fingerprint density at radius 1 is 1.44 bits per heavy atom. The van der Waals surface area contributed by atoms with Crippen molar-refractivity contribution in [1.82, 2.24) is 10.3 Å². The first-order valence-corrected chi connectivity index (χ1v) is 6.28. The molecule has 1 heterocycles. The maximum absolute atomic E-state index is 11.9. The van der Waals surface area contributed by atoms with Crippen molar-refractivity contribution in [3.8, 4) is 0 Å². The minimum Gasteiger partial charge on any atom is -0.399 e. The van der Waals surface area contributed by atoms with Crippen LogP contribution in [-0.2, 0) is 6.54 Å². The number of carbonyl (C=O) groups is 1. The molecule has 1 aromatic heterocycles. The summed E-state index contributed by atoms with van der Waals surface area (Å²) in [6.07, 6.45) is 0. The van der Waals surface area contributed by atoms with Crippen LogP contribution in [0, 0.1) is 6.92 Å². The second kappa shape index (κ2) is 5.05. The number of anilines is 2. The third-order valence-electron chi connectivity index (χ3n) is 2.57. The van der Waals surface area contributed by atoms with E-state index in [1.807, 2.05) is 6.92 Å². The van der Waals surface area contributed by atoms with Gasteiger partial charge in [-0.2, -0.15) is 0 Å². The molecule has 94 valence electrons. The summed E-state index contributed by atoms with van der Waals surface area (Å²) in [5.74, 6) is -0.208. The van der Waals surface area contributed by atoms with E-state index in [2.05, 4.69) is 10.3 Å². The van der Waals surface area contributed by atoms with Crippen molar-refractivity contribution in [1.29, 1.82) is 0 Å². The Kier molecular flexibility index (Phi) is 3.47.